The lowest BCUT2D eigenvalue weighted by Gasteiger charge is -2.16. The molecule has 0 fully saturated rings. The number of aryl methyl sites for hydroxylation is 1. The number of rotatable bonds is 7. The molecule has 0 aliphatic rings. The number of carbonyl (C=O) groups is 2. The number of hydrogen-bond donors (Lipinski definition) is 2. The minimum Gasteiger partial charge on any atom is -0.494 e. The Labute approximate surface area is 176 Å². The van der Waals surface area contributed by atoms with E-state index < -0.39 is 0 Å². The molecule has 1 heterocycles. The van der Waals surface area contributed by atoms with Gasteiger partial charge in [0.2, 0.25) is 0 Å². The van der Waals surface area contributed by atoms with Gasteiger partial charge in [-0.15, -0.1) is 0 Å². The molecule has 0 spiro atoms. The molecule has 1 atom stereocenters. The molecule has 0 aliphatic heterocycles. The molecule has 2 amide bonds. The number of nitrogens with one attached hydrogen (secondary N) is 2. The minimum atomic E-state index is -0.197. The van der Waals surface area contributed by atoms with E-state index in [1.165, 1.54) is 0 Å². The van der Waals surface area contributed by atoms with E-state index in [9.17, 15) is 9.59 Å². The van der Waals surface area contributed by atoms with Crippen molar-refractivity contribution in [3.63, 3.8) is 0 Å². The third-order valence-electron chi connectivity index (χ3n) is 4.70. The predicted octanol–water partition coefficient (Wildman–Crippen LogP) is 4.53. The van der Waals surface area contributed by atoms with E-state index in [1.807, 2.05) is 57.2 Å². The molecule has 0 saturated carbocycles. The Morgan fingerprint density at radius 2 is 1.67 bits per heavy atom. The average Bonchev–Trinajstić information content (AvgIpc) is 2.76. The number of ether oxygens (including phenoxy) is 1. The highest BCUT2D eigenvalue weighted by Crippen LogP contribution is 2.21. The number of anilines is 1. The monoisotopic (exact) mass is 403 g/mol. The first kappa shape index (κ1) is 21.0. The van der Waals surface area contributed by atoms with E-state index in [2.05, 4.69) is 15.6 Å². The molecule has 2 N–H and O–H groups in total. The van der Waals surface area contributed by atoms with Gasteiger partial charge >= 0.3 is 0 Å². The number of aromatic nitrogens is 1. The zero-order chi connectivity index (χ0) is 21.5. The van der Waals surface area contributed by atoms with Crippen molar-refractivity contribution < 1.29 is 14.3 Å². The summed E-state index contributed by atoms with van der Waals surface area (Å²) in [5.74, 6) is 0.438. The van der Waals surface area contributed by atoms with Crippen molar-refractivity contribution in [2.75, 3.05) is 11.9 Å². The van der Waals surface area contributed by atoms with E-state index >= 15 is 0 Å². The van der Waals surface area contributed by atoms with Crippen LogP contribution in [0.2, 0.25) is 0 Å². The molecule has 3 aromatic rings. The molecule has 6 heteroatoms. The van der Waals surface area contributed by atoms with Crippen molar-refractivity contribution in [2.24, 2.45) is 0 Å². The fourth-order valence-electron chi connectivity index (χ4n) is 3.03. The van der Waals surface area contributed by atoms with Crippen LogP contribution in [-0.2, 0) is 0 Å². The van der Waals surface area contributed by atoms with Gasteiger partial charge in [-0.25, -0.2) is 0 Å². The largest absolute Gasteiger partial charge is 0.494 e. The molecule has 0 bridgehead atoms. The first-order chi connectivity index (χ1) is 14.5. The summed E-state index contributed by atoms with van der Waals surface area (Å²) < 4.78 is 5.52. The molecule has 0 radical (unpaired) electrons. The summed E-state index contributed by atoms with van der Waals surface area (Å²) in [6.45, 7) is 6.36. The van der Waals surface area contributed by atoms with Crippen molar-refractivity contribution in [2.45, 2.75) is 26.8 Å². The predicted molar refractivity (Wildman–Crippen MR) is 117 cm³/mol. The molecule has 30 heavy (non-hydrogen) atoms. The van der Waals surface area contributed by atoms with E-state index in [4.69, 9.17) is 4.74 Å². The molecule has 0 saturated heterocycles. The SMILES string of the molecule is CCOc1ccc(C(=O)NC(C)c2ccc(NC(=O)c3ccncc3)cc2)cc1C. The van der Waals surface area contributed by atoms with Crippen LogP contribution in [0.5, 0.6) is 5.75 Å². The molecular weight excluding hydrogens is 378 g/mol. The van der Waals surface area contributed by atoms with E-state index in [0.717, 1.165) is 16.9 Å². The van der Waals surface area contributed by atoms with Crippen LogP contribution in [0.4, 0.5) is 5.69 Å². The number of pyridine rings is 1. The van der Waals surface area contributed by atoms with Gasteiger partial charge in [-0.1, -0.05) is 12.1 Å². The summed E-state index contributed by atoms with van der Waals surface area (Å²) in [6.07, 6.45) is 3.16. The quantitative estimate of drug-likeness (QED) is 0.607. The zero-order valence-corrected chi connectivity index (χ0v) is 17.3. The maximum atomic E-state index is 12.6. The summed E-state index contributed by atoms with van der Waals surface area (Å²) in [7, 11) is 0. The second kappa shape index (κ2) is 9.69. The first-order valence-corrected chi connectivity index (χ1v) is 9.83. The van der Waals surface area contributed by atoms with E-state index in [-0.39, 0.29) is 17.9 Å². The van der Waals surface area contributed by atoms with Gasteiger partial charge < -0.3 is 15.4 Å². The maximum Gasteiger partial charge on any atom is 0.255 e. The number of nitrogens with zero attached hydrogens (tertiary/aromatic N) is 1. The van der Waals surface area contributed by atoms with Gasteiger partial charge in [-0.2, -0.15) is 0 Å². The van der Waals surface area contributed by atoms with E-state index in [1.54, 1.807) is 30.6 Å². The lowest BCUT2D eigenvalue weighted by atomic mass is 10.1. The minimum absolute atomic E-state index is 0.149. The van der Waals surface area contributed by atoms with Gasteiger partial charge in [0.15, 0.2) is 0 Å². The van der Waals surface area contributed by atoms with Crippen LogP contribution in [0.3, 0.4) is 0 Å². The van der Waals surface area contributed by atoms with Crippen molar-refractivity contribution in [1.29, 1.82) is 0 Å². The second-order valence-corrected chi connectivity index (χ2v) is 6.92. The number of benzene rings is 2. The van der Waals surface area contributed by atoms with Gasteiger partial charge in [-0.05, 0) is 74.4 Å². The number of hydrogen-bond acceptors (Lipinski definition) is 4. The number of amides is 2. The van der Waals surface area contributed by atoms with Crippen LogP contribution < -0.4 is 15.4 Å². The molecule has 154 valence electrons. The van der Waals surface area contributed by atoms with Gasteiger partial charge in [0.1, 0.15) is 5.75 Å². The topological polar surface area (TPSA) is 80.3 Å². The Morgan fingerprint density at radius 3 is 2.30 bits per heavy atom. The smallest absolute Gasteiger partial charge is 0.255 e. The lowest BCUT2D eigenvalue weighted by molar-refractivity contribution is 0.0939. The molecular formula is C24H25N3O3. The highest BCUT2D eigenvalue weighted by Gasteiger charge is 2.13. The number of carbonyl (C=O) groups excluding carboxylic acids is 2. The fraction of sp³-hybridized carbons (Fsp3) is 0.208. The Bertz CT molecular complexity index is 1020. The summed E-state index contributed by atoms with van der Waals surface area (Å²) >= 11 is 0. The molecule has 0 aliphatic carbocycles. The van der Waals surface area contributed by atoms with Gasteiger partial charge in [0.25, 0.3) is 11.8 Å². The molecule has 1 unspecified atom stereocenters. The normalized spacial score (nSPS) is 11.4. The molecule has 2 aromatic carbocycles. The van der Waals surface area contributed by atoms with Crippen molar-refractivity contribution in [3.05, 3.63) is 89.2 Å². The van der Waals surface area contributed by atoms with E-state index in [0.29, 0.717) is 23.4 Å². The molecule has 1 aromatic heterocycles. The third kappa shape index (κ3) is 5.23. The Morgan fingerprint density at radius 1 is 0.967 bits per heavy atom. The molecule has 6 nitrogen and oxygen atoms in total. The van der Waals surface area contributed by atoms with Gasteiger partial charge in [-0.3, -0.25) is 14.6 Å². The van der Waals surface area contributed by atoms with Crippen LogP contribution in [-0.4, -0.2) is 23.4 Å². The van der Waals surface area contributed by atoms with Crippen LogP contribution in [0, 0.1) is 6.92 Å². The van der Waals surface area contributed by atoms with Gasteiger partial charge in [0, 0.05) is 29.2 Å². The molecule has 3 rings (SSSR count). The lowest BCUT2D eigenvalue weighted by Crippen LogP contribution is -2.26. The highest BCUT2D eigenvalue weighted by atomic mass is 16.5. The summed E-state index contributed by atoms with van der Waals surface area (Å²) in [6, 6.07) is 15.9. The fourth-order valence-corrected chi connectivity index (χ4v) is 3.03. The van der Waals surface area contributed by atoms with Crippen molar-refractivity contribution in [1.82, 2.24) is 10.3 Å². The Kier molecular flexibility index (Phi) is 6.80. The second-order valence-electron chi connectivity index (χ2n) is 6.92. The Hall–Kier alpha value is -3.67. The van der Waals surface area contributed by atoms with Crippen molar-refractivity contribution >= 4 is 17.5 Å². The Balaban J connectivity index is 1.61. The van der Waals surface area contributed by atoms with Crippen LogP contribution >= 0.6 is 0 Å². The van der Waals surface area contributed by atoms with Crippen LogP contribution in [0.1, 0.15) is 51.7 Å². The van der Waals surface area contributed by atoms with Gasteiger partial charge in [0.05, 0.1) is 12.6 Å². The zero-order valence-electron chi connectivity index (χ0n) is 17.3. The average molecular weight is 403 g/mol. The first-order valence-electron chi connectivity index (χ1n) is 9.83. The highest BCUT2D eigenvalue weighted by molar-refractivity contribution is 6.04. The van der Waals surface area contributed by atoms with Crippen molar-refractivity contribution in [3.8, 4) is 5.75 Å². The summed E-state index contributed by atoms with van der Waals surface area (Å²) in [5, 5.41) is 5.85. The summed E-state index contributed by atoms with van der Waals surface area (Å²) in [5.41, 5.74) is 3.67. The standard InChI is InChI=1S/C24H25N3O3/c1-4-30-22-10-7-20(15-16(22)2)24(29)26-17(3)18-5-8-21(9-6-18)27-23(28)19-11-13-25-14-12-19/h5-15,17H,4H2,1-3H3,(H,26,29)(H,27,28). The van der Waals surface area contributed by atoms with Crippen LogP contribution in [0.15, 0.2) is 67.0 Å². The third-order valence-corrected chi connectivity index (χ3v) is 4.70. The maximum absolute atomic E-state index is 12.6. The summed E-state index contributed by atoms with van der Waals surface area (Å²) in [4.78, 5) is 28.7. The van der Waals surface area contributed by atoms with Crippen LogP contribution in [0.25, 0.3) is 0 Å².